The number of carbonyl (C=O) groups is 2. The van der Waals surface area contributed by atoms with Crippen LogP contribution in [0, 0.1) is 11.6 Å². The lowest BCUT2D eigenvalue weighted by atomic mass is 10.2. The first-order chi connectivity index (χ1) is 11.4. The van der Waals surface area contributed by atoms with Crippen molar-refractivity contribution in [3.63, 3.8) is 0 Å². The Bertz CT molecular complexity index is 768. The van der Waals surface area contributed by atoms with Gasteiger partial charge in [-0.15, -0.1) is 0 Å². The van der Waals surface area contributed by atoms with Crippen LogP contribution in [0.3, 0.4) is 0 Å². The fourth-order valence-electron chi connectivity index (χ4n) is 2.03. The minimum Gasteiger partial charge on any atom is -0.343 e. The molecule has 2 aromatic carbocycles. The van der Waals surface area contributed by atoms with Crippen molar-refractivity contribution < 1.29 is 18.4 Å². The molecule has 24 heavy (non-hydrogen) atoms. The molecule has 0 fully saturated rings. The van der Waals surface area contributed by atoms with Crippen LogP contribution in [-0.2, 0) is 11.3 Å². The molecule has 2 amide bonds. The van der Waals surface area contributed by atoms with Gasteiger partial charge in [0.25, 0.3) is 5.91 Å². The molecule has 0 aliphatic heterocycles. The fraction of sp³-hybridized carbons (Fsp3) is 0.176. The molecule has 0 bridgehead atoms. The van der Waals surface area contributed by atoms with Crippen molar-refractivity contribution in [1.29, 1.82) is 0 Å². The number of nitrogens with one attached hydrogen (secondary N) is 1. The van der Waals surface area contributed by atoms with Gasteiger partial charge in [-0.05, 0) is 36.4 Å². The molecule has 0 aromatic heterocycles. The third-order valence-corrected chi connectivity index (χ3v) is 3.82. The van der Waals surface area contributed by atoms with Crippen molar-refractivity contribution in [2.45, 2.75) is 6.54 Å². The molecular weight excluding hydrogens is 382 g/mol. The number of amides is 2. The van der Waals surface area contributed by atoms with E-state index in [1.165, 1.54) is 36.2 Å². The third kappa shape index (κ3) is 4.86. The highest BCUT2D eigenvalue weighted by molar-refractivity contribution is 9.10. The summed E-state index contributed by atoms with van der Waals surface area (Å²) in [5, 5.41) is 2.42. The Kier molecular flexibility index (Phi) is 6.03. The Hall–Kier alpha value is -2.28. The number of rotatable bonds is 5. The molecule has 0 aliphatic rings. The molecule has 0 saturated heterocycles. The zero-order valence-electron chi connectivity index (χ0n) is 12.9. The molecule has 0 aliphatic carbocycles. The second-order valence-electron chi connectivity index (χ2n) is 5.18. The Labute approximate surface area is 146 Å². The molecular formula is C17H15BrF2N2O2. The summed E-state index contributed by atoms with van der Waals surface area (Å²) in [7, 11) is 1.51. The second kappa shape index (κ2) is 8.01. The zero-order chi connectivity index (χ0) is 17.7. The molecule has 2 rings (SSSR count). The van der Waals surface area contributed by atoms with Gasteiger partial charge in [-0.25, -0.2) is 8.78 Å². The van der Waals surface area contributed by atoms with E-state index in [-0.39, 0.29) is 24.6 Å². The van der Waals surface area contributed by atoms with Gasteiger partial charge in [0.05, 0.1) is 6.54 Å². The highest BCUT2D eigenvalue weighted by Gasteiger charge is 2.14. The minimum atomic E-state index is -0.551. The number of hydrogen-bond donors (Lipinski definition) is 1. The highest BCUT2D eigenvalue weighted by Crippen LogP contribution is 2.16. The van der Waals surface area contributed by atoms with E-state index < -0.39 is 17.5 Å². The highest BCUT2D eigenvalue weighted by atomic mass is 79.9. The molecule has 1 N–H and O–H groups in total. The SMILES string of the molecule is CN(Cc1cc(Br)ccc1F)C(=O)CNC(=O)c1cccc(F)c1. The van der Waals surface area contributed by atoms with Crippen LogP contribution >= 0.6 is 15.9 Å². The van der Waals surface area contributed by atoms with E-state index in [0.29, 0.717) is 10.0 Å². The van der Waals surface area contributed by atoms with Gasteiger partial charge in [-0.3, -0.25) is 9.59 Å². The number of hydrogen-bond acceptors (Lipinski definition) is 2. The maximum atomic E-state index is 13.7. The normalized spacial score (nSPS) is 10.3. The lowest BCUT2D eigenvalue weighted by molar-refractivity contribution is -0.129. The van der Waals surface area contributed by atoms with Crippen LogP contribution in [0.15, 0.2) is 46.9 Å². The standard InChI is InChI=1S/C17H15BrF2N2O2/c1-22(10-12-7-13(18)5-6-15(12)20)16(23)9-21-17(24)11-3-2-4-14(19)8-11/h2-8H,9-10H2,1H3,(H,21,24). The molecule has 0 heterocycles. The Morgan fingerprint density at radius 2 is 1.92 bits per heavy atom. The first-order valence-electron chi connectivity index (χ1n) is 7.08. The smallest absolute Gasteiger partial charge is 0.251 e. The van der Waals surface area contributed by atoms with Crippen molar-refractivity contribution in [2.75, 3.05) is 13.6 Å². The summed E-state index contributed by atoms with van der Waals surface area (Å²) in [5.41, 5.74) is 0.486. The summed E-state index contributed by atoms with van der Waals surface area (Å²) in [6.07, 6.45) is 0. The lowest BCUT2D eigenvalue weighted by Gasteiger charge is -2.18. The molecule has 0 unspecified atom stereocenters. The monoisotopic (exact) mass is 396 g/mol. The van der Waals surface area contributed by atoms with Gasteiger partial charge in [0.1, 0.15) is 11.6 Å². The zero-order valence-corrected chi connectivity index (χ0v) is 14.4. The van der Waals surface area contributed by atoms with E-state index in [4.69, 9.17) is 0 Å². The van der Waals surface area contributed by atoms with Crippen molar-refractivity contribution in [3.8, 4) is 0 Å². The van der Waals surface area contributed by atoms with Gasteiger partial charge in [-0.1, -0.05) is 22.0 Å². The van der Waals surface area contributed by atoms with Gasteiger partial charge < -0.3 is 10.2 Å². The van der Waals surface area contributed by atoms with Crippen LogP contribution in [0.2, 0.25) is 0 Å². The van der Waals surface area contributed by atoms with Gasteiger partial charge in [0.15, 0.2) is 0 Å². The summed E-state index contributed by atoms with van der Waals surface area (Å²) in [6, 6.07) is 9.63. The summed E-state index contributed by atoms with van der Waals surface area (Å²) in [5.74, 6) is -1.89. The molecule has 0 atom stereocenters. The molecule has 7 heteroatoms. The second-order valence-corrected chi connectivity index (χ2v) is 6.09. The van der Waals surface area contributed by atoms with Gasteiger partial charge in [-0.2, -0.15) is 0 Å². The van der Waals surface area contributed by atoms with Gasteiger partial charge >= 0.3 is 0 Å². The van der Waals surface area contributed by atoms with E-state index in [0.717, 1.165) is 6.07 Å². The average molecular weight is 397 g/mol. The van der Waals surface area contributed by atoms with Crippen LogP contribution in [0.1, 0.15) is 15.9 Å². The minimum absolute atomic E-state index is 0.0694. The summed E-state index contributed by atoms with van der Waals surface area (Å²) in [6.45, 7) is -0.193. The average Bonchev–Trinajstić information content (AvgIpc) is 2.55. The maximum Gasteiger partial charge on any atom is 0.251 e. The van der Waals surface area contributed by atoms with Crippen LogP contribution in [-0.4, -0.2) is 30.3 Å². The molecule has 0 radical (unpaired) electrons. The first kappa shape index (κ1) is 18.1. The van der Waals surface area contributed by atoms with Crippen LogP contribution in [0.25, 0.3) is 0 Å². The number of nitrogens with zero attached hydrogens (tertiary/aromatic N) is 1. The molecule has 4 nitrogen and oxygen atoms in total. The molecule has 0 saturated carbocycles. The van der Waals surface area contributed by atoms with Crippen molar-refractivity contribution >= 4 is 27.7 Å². The van der Waals surface area contributed by atoms with Crippen molar-refractivity contribution in [1.82, 2.24) is 10.2 Å². The Morgan fingerprint density at radius 3 is 2.62 bits per heavy atom. The van der Waals surface area contributed by atoms with E-state index in [9.17, 15) is 18.4 Å². The fourth-order valence-corrected chi connectivity index (χ4v) is 2.44. The van der Waals surface area contributed by atoms with Crippen molar-refractivity contribution in [3.05, 3.63) is 69.7 Å². The number of carbonyl (C=O) groups excluding carboxylic acids is 2. The van der Waals surface area contributed by atoms with Gasteiger partial charge in [0.2, 0.25) is 5.91 Å². The van der Waals surface area contributed by atoms with E-state index in [1.54, 1.807) is 12.1 Å². The summed E-state index contributed by atoms with van der Waals surface area (Å²) in [4.78, 5) is 25.2. The Morgan fingerprint density at radius 1 is 1.17 bits per heavy atom. The molecule has 2 aromatic rings. The molecule has 126 valence electrons. The quantitative estimate of drug-likeness (QED) is 0.843. The predicted octanol–water partition coefficient (Wildman–Crippen LogP) is 3.12. The molecule has 0 spiro atoms. The number of halogens is 3. The maximum absolute atomic E-state index is 13.7. The van der Waals surface area contributed by atoms with Gasteiger partial charge in [0, 0.05) is 29.2 Å². The number of benzene rings is 2. The predicted molar refractivity (Wildman–Crippen MR) is 89.3 cm³/mol. The topological polar surface area (TPSA) is 49.4 Å². The van der Waals surface area contributed by atoms with E-state index >= 15 is 0 Å². The first-order valence-corrected chi connectivity index (χ1v) is 7.88. The van der Waals surface area contributed by atoms with Crippen LogP contribution in [0.4, 0.5) is 8.78 Å². The number of likely N-dealkylation sites (N-methyl/N-ethyl adjacent to an activating group) is 1. The van der Waals surface area contributed by atoms with Crippen molar-refractivity contribution in [2.24, 2.45) is 0 Å². The van der Waals surface area contributed by atoms with Crippen LogP contribution < -0.4 is 5.32 Å². The third-order valence-electron chi connectivity index (χ3n) is 3.33. The van der Waals surface area contributed by atoms with Crippen LogP contribution in [0.5, 0.6) is 0 Å². The summed E-state index contributed by atoms with van der Waals surface area (Å²) < 4.78 is 27.5. The van der Waals surface area contributed by atoms with E-state index in [1.807, 2.05) is 0 Å². The largest absolute Gasteiger partial charge is 0.343 e. The Balaban J connectivity index is 1.92. The van der Waals surface area contributed by atoms with E-state index in [2.05, 4.69) is 21.2 Å². The lowest BCUT2D eigenvalue weighted by Crippen LogP contribution is -2.38. The summed E-state index contributed by atoms with van der Waals surface area (Å²) >= 11 is 3.25.